The standard InChI is InChI=1S/C13H22N4O/c1-9(2)18-12-6-11(15-8-16-12)17-13(3,7-14)10-4-5-10/h6,8-10H,4-5,7,14H2,1-3H3,(H,15,16,17). The molecule has 0 aromatic carbocycles. The zero-order valence-corrected chi connectivity index (χ0v) is 11.3. The largest absolute Gasteiger partial charge is 0.475 e. The second kappa shape index (κ2) is 5.10. The summed E-state index contributed by atoms with van der Waals surface area (Å²) < 4.78 is 5.56. The van der Waals surface area contributed by atoms with Crippen molar-refractivity contribution in [2.75, 3.05) is 11.9 Å². The molecular weight excluding hydrogens is 228 g/mol. The minimum absolute atomic E-state index is 0.0799. The van der Waals surface area contributed by atoms with Crippen molar-refractivity contribution in [1.82, 2.24) is 9.97 Å². The van der Waals surface area contributed by atoms with Gasteiger partial charge >= 0.3 is 0 Å². The average molecular weight is 250 g/mol. The highest BCUT2D eigenvalue weighted by molar-refractivity contribution is 5.41. The molecule has 2 rings (SSSR count). The highest BCUT2D eigenvalue weighted by Crippen LogP contribution is 2.40. The lowest BCUT2D eigenvalue weighted by atomic mass is 9.96. The summed E-state index contributed by atoms with van der Waals surface area (Å²) in [4.78, 5) is 8.32. The first-order valence-electron chi connectivity index (χ1n) is 6.50. The Hall–Kier alpha value is -1.36. The smallest absolute Gasteiger partial charge is 0.218 e. The van der Waals surface area contributed by atoms with Gasteiger partial charge in [-0.15, -0.1) is 0 Å². The van der Waals surface area contributed by atoms with Gasteiger partial charge in [0.05, 0.1) is 11.6 Å². The van der Waals surface area contributed by atoms with Crippen LogP contribution in [0.4, 0.5) is 5.82 Å². The van der Waals surface area contributed by atoms with Gasteiger partial charge in [0, 0.05) is 12.6 Å². The maximum Gasteiger partial charge on any atom is 0.218 e. The van der Waals surface area contributed by atoms with Crippen molar-refractivity contribution in [2.24, 2.45) is 11.7 Å². The van der Waals surface area contributed by atoms with E-state index in [0.717, 1.165) is 5.82 Å². The number of ether oxygens (including phenoxy) is 1. The highest BCUT2D eigenvalue weighted by Gasteiger charge is 2.40. The van der Waals surface area contributed by atoms with Gasteiger partial charge in [-0.3, -0.25) is 0 Å². The molecule has 0 amide bonds. The SMILES string of the molecule is CC(C)Oc1cc(NC(C)(CN)C2CC2)ncn1. The van der Waals surface area contributed by atoms with Gasteiger partial charge in [-0.1, -0.05) is 0 Å². The Bertz CT molecular complexity index is 406. The summed E-state index contributed by atoms with van der Waals surface area (Å²) in [5, 5.41) is 3.42. The first kappa shape index (κ1) is 13.1. The van der Waals surface area contributed by atoms with Gasteiger partial charge < -0.3 is 15.8 Å². The van der Waals surface area contributed by atoms with E-state index in [4.69, 9.17) is 10.5 Å². The van der Waals surface area contributed by atoms with Crippen LogP contribution in [0, 0.1) is 5.92 Å². The maximum absolute atomic E-state index is 5.88. The van der Waals surface area contributed by atoms with Crippen molar-refractivity contribution >= 4 is 5.82 Å². The van der Waals surface area contributed by atoms with Crippen molar-refractivity contribution in [1.29, 1.82) is 0 Å². The number of nitrogens with zero attached hydrogens (tertiary/aromatic N) is 2. The minimum atomic E-state index is -0.0799. The second-order valence-electron chi connectivity index (χ2n) is 5.43. The molecule has 100 valence electrons. The molecule has 1 aromatic rings. The number of nitrogens with one attached hydrogen (secondary N) is 1. The Labute approximate surface area is 108 Å². The number of aromatic nitrogens is 2. The summed E-state index contributed by atoms with van der Waals surface area (Å²) in [6.45, 7) is 6.70. The van der Waals surface area contributed by atoms with Crippen LogP contribution in [0.25, 0.3) is 0 Å². The molecule has 0 spiro atoms. The first-order valence-corrected chi connectivity index (χ1v) is 6.50. The molecule has 1 atom stereocenters. The van der Waals surface area contributed by atoms with Crippen LogP contribution in [0.5, 0.6) is 5.88 Å². The quantitative estimate of drug-likeness (QED) is 0.805. The van der Waals surface area contributed by atoms with Gasteiger partial charge in [0.25, 0.3) is 0 Å². The van der Waals surface area contributed by atoms with Crippen LogP contribution in [0.3, 0.4) is 0 Å². The summed E-state index contributed by atoms with van der Waals surface area (Å²) in [5.74, 6) is 2.02. The van der Waals surface area contributed by atoms with Gasteiger partial charge in [0.1, 0.15) is 12.1 Å². The maximum atomic E-state index is 5.88. The predicted octanol–water partition coefficient (Wildman–Crippen LogP) is 1.80. The number of rotatable bonds is 6. The molecule has 0 aliphatic heterocycles. The van der Waals surface area contributed by atoms with Crippen molar-refractivity contribution < 1.29 is 4.74 Å². The molecule has 1 heterocycles. The lowest BCUT2D eigenvalue weighted by molar-refractivity contribution is 0.232. The van der Waals surface area contributed by atoms with Crippen LogP contribution < -0.4 is 15.8 Å². The average Bonchev–Trinajstić information content (AvgIpc) is 3.12. The summed E-state index contributed by atoms with van der Waals surface area (Å²) in [6, 6.07) is 1.83. The zero-order valence-electron chi connectivity index (χ0n) is 11.3. The normalized spacial score (nSPS) is 18.5. The molecule has 1 unspecified atom stereocenters. The Morgan fingerprint density at radius 2 is 2.22 bits per heavy atom. The van der Waals surface area contributed by atoms with E-state index in [2.05, 4.69) is 22.2 Å². The third kappa shape index (κ3) is 3.10. The number of hydrogen-bond acceptors (Lipinski definition) is 5. The fourth-order valence-corrected chi connectivity index (χ4v) is 2.05. The van der Waals surface area contributed by atoms with Crippen LogP contribution >= 0.6 is 0 Å². The minimum Gasteiger partial charge on any atom is -0.475 e. The van der Waals surface area contributed by atoms with Crippen molar-refractivity contribution in [3.05, 3.63) is 12.4 Å². The van der Waals surface area contributed by atoms with Crippen LogP contribution in [0.1, 0.15) is 33.6 Å². The fourth-order valence-electron chi connectivity index (χ4n) is 2.05. The van der Waals surface area contributed by atoms with E-state index < -0.39 is 0 Å². The van der Waals surface area contributed by atoms with Gasteiger partial charge in [-0.05, 0) is 39.5 Å². The fraction of sp³-hybridized carbons (Fsp3) is 0.692. The molecule has 3 N–H and O–H groups in total. The van der Waals surface area contributed by atoms with Crippen LogP contribution in [0.2, 0.25) is 0 Å². The molecule has 1 saturated carbocycles. The first-order chi connectivity index (χ1) is 8.53. The van der Waals surface area contributed by atoms with Crippen molar-refractivity contribution in [3.8, 4) is 5.88 Å². The number of nitrogens with two attached hydrogens (primary N) is 1. The van der Waals surface area contributed by atoms with Gasteiger partial charge in [0.15, 0.2) is 0 Å². The van der Waals surface area contributed by atoms with Crippen molar-refractivity contribution in [2.45, 2.75) is 45.3 Å². The third-order valence-electron chi connectivity index (χ3n) is 3.31. The zero-order chi connectivity index (χ0) is 13.2. The molecule has 1 fully saturated rings. The van der Waals surface area contributed by atoms with Gasteiger partial charge in [0.2, 0.25) is 5.88 Å². The van der Waals surface area contributed by atoms with E-state index in [1.54, 1.807) is 0 Å². The molecule has 1 aromatic heterocycles. The van der Waals surface area contributed by atoms with Crippen molar-refractivity contribution in [3.63, 3.8) is 0 Å². The monoisotopic (exact) mass is 250 g/mol. The molecule has 5 nitrogen and oxygen atoms in total. The van der Waals surface area contributed by atoms with E-state index in [9.17, 15) is 0 Å². The Morgan fingerprint density at radius 3 is 2.78 bits per heavy atom. The van der Waals surface area contributed by atoms with Crippen LogP contribution in [0.15, 0.2) is 12.4 Å². The van der Waals surface area contributed by atoms with E-state index >= 15 is 0 Å². The molecule has 5 heteroatoms. The Balaban J connectivity index is 2.08. The molecular formula is C13H22N4O. The number of anilines is 1. The van der Waals surface area contributed by atoms with E-state index in [-0.39, 0.29) is 11.6 Å². The van der Waals surface area contributed by atoms with Gasteiger partial charge in [-0.25, -0.2) is 9.97 Å². The molecule has 0 bridgehead atoms. The molecule has 0 radical (unpaired) electrons. The molecule has 18 heavy (non-hydrogen) atoms. The topological polar surface area (TPSA) is 73.1 Å². The third-order valence-corrected chi connectivity index (χ3v) is 3.31. The second-order valence-corrected chi connectivity index (χ2v) is 5.43. The highest BCUT2D eigenvalue weighted by atomic mass is 16.5. The van der Waals surface area contributed by atoms with E-state index in [0.29, 0.717) is 18.3 Å². The summed E-state index contributed by atoms with van der Waals surface area (Å²) in [7, 11) is 0. The lowest BCUT2D eigenvalue weighted by Crippen LogP contribution is -2.44. The Morgan fingerprint density at radius 1 is 1.50 bits per heavy atom. The number of hydrogen-bond donors (Lipinski definition) is 2. The van der Waals surface area contributed by atoms with Crippen LogP contribution in [-0.4, -0.2) is 28.2 Å². The lowest BCUT2D eigenvalue weighted by Gasteiger charge is -2.30. The Kier molecular flexibility index (Phi) is 3.71. The molecule has 1 aliphatic rings. The molecule has 1 aliphatic carbocycles. The van der Waals surface area contributed by atoms with E-state index in [1.165, 1.54) is 19.2 Å². The summed E-state index contributed by atoms with van der Waals surface area (Å²) in [5.41, 5.74) is 5.80. The summed E-state index contributed by atoms with van der Waals surface area (Å²) in [6.07, 6.45) is 4.10. The predicted molar refractivity (Wildman–Crippen MR) is 71.6 cm³/mol. The molecule has 0 saturated heterocycles. The summed E-state index contributed by atoms with van der Waals surface area (Å²) >= 11 is 0. The van der Waals surface area contributed by atoms with Gasteiger partial charge in [-0.2, -0.15) is 0 Å². The van der Waals surface area contributed by atoms with E-state index in [1.807, 2.05) is 19.9 Å². The van der Waals surface area contributed by atoms with Crippen LogP contribution in [-0.2, 0) is 0 Å².